The number of nitrogens with zero attached hydrogens (tertiary/aromatic N) is 2. The van der Waals surface area contributed by atoms with Gasteiger partial charge < -0.3 is 4.34 Å². The van der Waals surface area contributed by atoms with E-state index >= 15 is 0 Å². The van der Waals surface area contributed by atoms with Gasteiger partial charge in [-0.25, -0.2) is 4.74 Å². The van der Waals surface area contributed by atoms with Gasteiger partial charge in [-0.1, -0.05) is 37.3 Å². The molecule has 0 radical (unpaired) electrons. The molecule has 0 aliphatic rings. The smallest absolute Gasteiger partial charge is 0.159 e. The monoisotopic (exact) mass is 308 g/mol. The van der Waals surface area contributed by atoms with E-state index in [4.69, 9.17) is 4.74 Å². The van der Waals surface area contributed by atoms with Crippen molar-refractivity contribution in [1.82, 2.24) is 0 Å². The lowest BCUT2D eigenvalue weighted by molar-refractivity contribution is 0.592. The molecule has 112 valence electrons. The van der Waals surface area contributed by atoms with Gasteiger partial charge >= 0.3 is 0 Å². The van der Waals surface area contributed by atoms with Crippen LogP contribution >= 0.6 is 8.52 Å². The molecule has 2 nitrogen and oxygen atoms in total. The molecule has 1 rings (SSSR count). The largest absolute Gasteiger partial charge is 0.337 e. The number of hydrogen-bond acceptors (Lipinski definition) is 1. The first-order valence-corrected chi connectivity index (χ1v) is 11.5. The summed E-state index contributed by atoms with van der Waals surface area (Å²) >= 11 is 0. The van der Waals surface area contributed by atoms with E-state index < -0.39 is 8.24 Å². The van der Waals surface area contributed by atoms with Crippen molar-refractivity contribution in [3.63, 3.8) is 0 Å². The summed E-state index contributed by atoms with van der Waals surface area (Å²) < 4.78 is 7.37. The molecule has 0 saturated heterocycles. The second kappa shape index (κ2) is 5.99. The van der Waals surface area contributed by atoms with Crippen molar-refractivity contribution in [2.45, 2.75) is 66.7 Å². The maximum Gasteiger partial charge on any atom is 0.159 e. The molecule has 0 amide bonds. The van der Waals surface area contributed by atoms with Crippen molar-refractivity contribution in [2.75, 3.05) is 4.34 Å². The Morgan fingerprint density at radius 1 is 1.00 bits per heavy atom. The second-order valence-corrected chi connectivity index (χ2v) is 13.5. The summed E-state index contributed by atoms with van der Waals surface area (Å²) in [6, 6.07) is 4.56. The summed E-state index contributed by atoms with van der Waals surface area (Å²) in [4.78, 5) is 0. The summed E-state index contributed by atoms with van der Waals surface area (Å²) in [6.07, 6.45) is 0. The van der Waals surface area contributed by atoms with Crippen molar-refractivity contribution < 1.29 is 0 Å². The highest BCUT2D eigenvalue weighted by Crippen LogP contribution is 2.36. The van der Waals surface area contributed by atoms with Crippen molar-refractivity contribution in [3.05, 3.63) is 28.8 Å². The van der Waals surface area contributed by atoms with Crippen LogP contribution in [-0.2, 0) is 0 Å². The molecule has 0 fully saturated rings. The molecule has 0 aliphatic carbocycles. The Kier molecular flexibility index (Phi) is 5.21. The van der Waals surface area contributed by atoms with Crippen LogP contribution in [0.4, 0.5) is 5.69 Å². The molecule has 0 N–H and O–H groups in total. The van der Waals surface area contributed by atoms with Crippen LogP contribution in [0.25, 0.3) is 0 Å². The Hall–Kier alpha value is -0.663. The maximum absolute atomic E-state index is 4.84. The summed E-state index contributed by atoms with van der Waals surface area (Å²) in [7, 11) is -0.402. The molecule has 0 heterocycles. The van der Waals surface area contributed by atoms with Crippen molar-refractivity contribution in [3.8, 4) is 0 Å². The van der Waals surface area contributed by atoms with E-state index in [9.17, 15) is 0 Å². The predicted molar refractivity (Wildman–Crippen MR) is 95.6 cm³/mol. The van der Waals surface area contributed by atoms with E-state index in [0.717, 1.165) is 8.52 Å². The van der Waals surface area contributed by atoms with Crippen LogP contribution in [0.3, 0.4) is 0 Å². The first-order chi connectivity index (χ1) is 8.92. The number of benzene rings is 1. The Morgan fingerprint density at radius 3 is 1.80 bits per heavy atom. The van der Waals surface area contributed by atoms with Crippen LogP contribution in [0.15, 0.2) is 16.9 Å². The molecule has 0 bridgehead atoms. The molecule has 1 aromatic carbocycles. The molecule has 0 aliphatic heterocycles. The fourth-order valence-corrected chi connectivity index (χ4v) is 5.19. The average Bonchev–Trinajstić information content (AvgIpc) is 2.17. The van der Waals surface area contributed by atoms with Gasteiger partial charge in [0.1, 0.15) is 8.52 Å². The lowest BCUT2D eigenvalue weighted by atomic mass is 10.1. The van der Waals surface area contributed by atoms with E-state index in [0.29, 0.717) is 0 Å². The van der Waals surface area contributed by atoms with Gasteiger partial charge in [0.2, 0.25) is 0 Å². The quantitative estimate of drug-likeness (QED) is 0.487. The van der Waals surface area contributed by atoms with Gasteiger partial charge in [0.25, 0.3) is 0 Å². The van der Waals surface area contributed by atoms with E-state index in [1.807, 2.05) is 0 Å². The number of anilines is 1. The lowest BCUT2D eigenvalue weighted by Gasteiger charge is -2.34. The fourth-order valence-electron chi connectivity index (χ4n) is 2.20. The topological polar surface area (TPSA) is 15.6 Å². The molecular formula is C16H29N2PSi. The van der Waals surface area contributed by atoms with Gasteiger partial charge in [0, 0.05) is 5.69 Å². The normalized spacial score (nSPS) is 13.1. The van der Waals surface area contributed by atoms with E-state index in [-0.39, 0.29) is 5.54 Å². The summed E-state index contributed by atoms with van der Waals surface area (Å²) in [5.41, 5.74) is 5.45. The van der Waals surface area contributed by atoms with Crippen LogP contribution in [0.5, 0.6) is 0 Å². The van der Waals surface area contributed by atoms with Gasteiger partial charge in [0.15, 0.2) is 8.24 Å². The third-order valence-electron chi connectivity index (χ3n) is 2.92. The lowest BCUT2D eigenvalue weighted by Crippen LogP contribution is -2.40. The van der Waals surface area contributed by atoms with Gasteiger partial charge in [0.05, 0.1) is 5.54 Å². The standard InChI is InChI=1S/C16H29N2PSi/c1-12-10-13(2)15(14(3)11-12)18(20(7,8)9)19-17-16(4,5)6/h10-11H,1-9H3. The summed E-state index contributed by atoms with van der Waals surface area (Å²) in [5.74, 6) is 0. The van der Waals surface area contributed by atoms with Crippen LogP contribution in [0.1, 0.15) is 37.5 Å². The first-order valence-electron chi connectivity index (χ1n) is 7.23. The molecule has 0 atom stereocenters. The minimum Gasteiger partial charge on any atom is -0.337 e. The SMILES string of the molecule is Cc1cc(C)c(N(P=NC(C)(C)C)[Si](C)(C)C)c(C)c1. The third kappa shape index (κ3) is 4.71. The maximum atomic E-state index is 4.84. The molecule has 0 saturated carbocycles. The van der Waals surface area contributed by atoms with Crippen LogP contribution in [0.2, 0.25) is 19.6 Å². The fraction of sp³-hybridized carbons (Fsp3) is 0.625. The summed E-state index contributed by atoms with van der Waals surface area (Å²) in [5, 5.41) is 0. The first kappa shape index (κ1) is 17.4. The zero-order valence-corrected chi connectivity index (χ0v) is 16.4. The molecule has 0 unspecified atom stereocenters. The van der Waals surface area contributed by atoms with Crippen LogP contribution < -0.4 is 4.34 Å². The zero-order valence-electron chi connectivity index (χ0n) is 14.5. The Balaban J connectivity index is 3.37. The molecule has 0 aromatic heterocycles. The minimum absolute atomic E-state index is 0.00591. The van der Waals surface area contributed by atoms with Crippen molar-refractivity contribution >= 4 is 22.4 Å². The Morgan fingerprint density at radius 2 is 1.45 bits per heavy atom. The highest BCUT2D eigenvalue weighted by Gasteiger charge is 2.27. The van der Waals surface area contributed by atoms with Gasteiger partial charge in [-0.05, 0) is 52.7 Å². The minimum atomic E-state index is -1.48. The molecule has 4 heteroatoms. The molecule has 0 spiro atoms. The number of aryl methyl sites for hydroxylation is 3. The van der Waals surface area contributed by atoms with Crippen LogP contribution in [-0.4, -0.2) is 13.8 Å². The number of rotatable bonds is 3. The Bertz CT molecular complexity index is 487. The molecular weight excluding hydrogens is 279 g/mol. The van der Waals surface area contributed by atoms with Gasteiger partial charge in [-0.2, -0.15) is 0 Å². The van der Waals surface area contributed by atoms with Crippen molar-refractivity contribution in [2.24, 2.45) is 4.74 Å². The van der Waals surface area contributed by atoms with E-state index in [2.05, 4.69) is 77.7 Å². The van der Waals surface area contributed by atoms with E-state index in [1.54, 1.807) is 0 Å². The summed E-state index contributed by atoms with van der Waals surface area (Å²) in [6.45, 7) is 20.3. The second-order valence-electron chi connectivity index (χ2n) is 7.59. The van der Waals surface area contributed by atoms with Crippen LogP contribution in [0, 0.1) is 20.8 Å². The van der Waals surface area contributed by atoms with Gasteiger partial charge in [-0.15, -0.1) is 0 Å². The third-order valence-corrected chi connectivity index (χ3v) is 7.55. The van der Waals surface area contributed by atoms with Crippen molar-refractivity contribution in [1.29, 1.82) is 0 Å². The highest BCUT2D eigenvalue weighted by molar-refractivity contribution is 7.35. The predicted octanol–water partition coefficient (Wildman–Crippen LogP) is 6.10. The average molecular weight is 308 g/mol. The van der Waals surface area contributed by atoms with E-state index in [1.165, 1.54) is 22.4 Å². The molecule has 1 aromatic rings. The Labute approximate surface area is 127 Å². The molecule has 20 heavy (non-hydrogen) atoms. The zero-order chi connectivity index (χ0) is 15.7. The highest BCUT2D eigenvalue weighted by atomic mass is 31.1. The number of hydrogen-bond donors (Lipinski definition) is 0. The van der Waals surface area contributed by atoms with Gasteiger partial charge in [-0.3, -0.25) is 0 Å².